The predicted octanol–water partition coefficient (Wildman–Crippen LogP) is 2.18. The highest BCUT2D eigenvalue weighted by Crippen LogP contribution is 2.48. The van der Waals surface area contributed by atoms with Crippen LogP contribution in [0.3, 0.4) is 0 Å². The van der Waals surface area contributed by atoms with Crippen LogP contribution < -0.4 is 5.32 Å². The van der Waals surface area contributed by atoms with Crippen LogP contribution in [0.1, 0.15) is 54.4 Å². The Bertz CT molecular complexity index is 483. The van der Waals surface area contributed by atoms with Gasteiger partial charge in [-0.25, -0.2) is 0 Å². The second kappa shape index (κ2) is 5.77. The minimum Gasteiger partial charge on any atom is -0.381 e. The van der Waals surface area contributed by atoms with E-state index < -0.39 is 0 Å². The molecule has 1 aromatic heterocycles. The molecule has 2 aliphatic rings. The predicted molar refractivity (Wildman–Crippen MR) is 76.9 cm³/mol. The highest BCUT2D eigenvalue weighted by Gasteiger charge is 2.48. The van der Waals surface area contributed by atoms with E-state index in [-0.39, 0.29) is 11.3 Å². The van der Waals surface area contributed by atoms with Gasteiger partial charge in [0.2, 0.25) is 0 Å². The summed E-state index contributed by atoms with van der Waals surface area (Å²) < 4.78 is 9.37. The summed E-state index contributed by atoms with van der Waals surface area (Å²) in [5, 5.41) is 7.28. The first kappa shape index (κ1) is 13.9. The molecule has 20 heavy (non-hydrogen) atoms. The van der Waals surface area contributed by atoms with Crippen molar-refractivity contribution in [2.75, 3.05) is 13.2 Å². The minimum atomic E-state index is 0.0130. The van der Waals surface area contributed by atoms with E-state index in [1.54, 1.807) is 0 Å². The maximum absolute atomic E-state index is 12.4. The number of nitrogens with one attached hydrogen (secondary N) is 1. The molecule has 1 aliphatic heterocycles. The average molecular weight is 295 g/mol. The van der Waals surface area contributed by atoms with Crippen LogP contribution in [0, 0.1) is 5.41 Å². The van der Waals surface area contributed by atoms with Gasteiger partial charge in [-0.1, -0.05) is 17.8 Å². The molecule has 0 bridgehead atoms. The summed E-state index contributed by atoms with van der Waals surface area (Å²) in [7, 11) is 0. The molecule has 0 aromatic carbocycles. The van der Waals surface area contributed by atoms with Crippen molar-refractivity contribution < 1.29 is 9.53 Å². The molecule has 3 rings (SSSR count). The Hall–Kier alpha value is -1.01. The Morgan fingerprint density at radius 2 is 2.25 bits per heavy atom. The second-order valence-corrected chi connectivity index (χ2v) is 6.59. The number of rotatable bonds is 4. The molecular formula is C14H21N3O2S. The molecule has 5 nitrogen and oxygen atoms in total. The van der Waals surface area contributed by atoms with Crippen molar-refractivity contribution in [2.24, 2.45) is 5.41 Å². The van der Waals surface area contributed by atoms with Gasteiger partial charge in [0.1, 0.15) is 4.88 Å². The molecule has 1 saturated heterocycles. The Balaban J connectivity index is 1.65. The van der Waals surface area contributed by atoms with Crippen molar-refractivity contribution in [2.45, 2.75) is 51.5 Å². The third-order valence-corrected chi connectivity index (χ3v) is 5.48. The van der Waals surface area contributed by atoms with Crippen molar-refractivity contribution in [3.63, 3.8) is 0 Å². The number of aromatic nitrogens is 2. The average Bonchev–Trinajstić information content (AvgIpc) is 2.93. The molecule has 1 amide bonds. The third-order valence-electron chi connectivity index (χ3n) is 4.71. The largest absolute Gasteiger partial charge is 0.381 e. The van der Waals surface area contributed by atoms with Gasteiger partial charge in [0, 0.05) is 19.3 Å². The normalized spacial score (nSPS) is 24.4. The zero-order valence-electron chi connectivity index (χ0n) is 11.9. The summed E-state index contributed by atoms with van der Waals surface area (Å²) in [6.45, 7) is 3.75. The van der Waals surface area contributed by atoms with Gasteiger partial charge in [-0.15, -0.1) is 5.10 Å². The smallest absolute Gasteiger partial charge is 0.265 e. The lowest BCUT2D eigenvalue weighted by Crippen LogP contribution is -2.57. The van der Waals surface area contributed by atoms with Crippen molar-refractivity contribution in [3.8, 4) is 0 Å². The molecule has 0 radical (unpaired) electrons. The molecule has 1 aromatic rings. The summed E-state index contributed by atoms with van der Waals surface area (Å²) in [6, 6.07) is 0.301. The summed E-state index contributed by atoms with van der Waals surface area (Å²) in [5.74, 6) is 0.0130. The van der Waals surface area contributed by atoms with Crippen LogP contribution in [0.15, 0.2) is 0 Å². The number of hydrogen-bond donors (Lipinski definition) is 1. The van der Waals surface area contributed by atoms with Crippen molar-refractivity contribution >= 4 is 17.4 Å². The van der Waals surface area contributed by atoms with Crippen molar-refractivity contribution in [3.05, 3.63) is 10.6 Å². The highest BCUT2D eigenvalue weighted by atomic mass is 32.1. The second-order valence-electron chi connectivity index (χ2n) is 5.84. The number of amides is 1. The fraction of sp³-hybridized carbons (Fsp3) is 0.786. The van der Waals surface area contributed by atoms with Gasteiger partial charge in [0.15, 0.2) is 0 Å². The van der Waals surface area contributed by atoms with Gasteiger partial charge in [0.25, 0.3) is 5.91 Å². The van der Waals surface area contributed by atoms with E-state index in [2.05, 4.69) is 21.8 Å². The Morgan fingerprint density at radius 3 is 2.90 bits per heavy atom. The monoisotopic (exact) mass is 295 g/mol. The molecule has 1 atom stereocenters. The van der Waals surface area contributed by atoms with Crippen LogP contribution in [-0.2, 0) is 11.2 Å². The van der Waals surface area contributed by atoms with Gasteiger partial charge in [-0.3, -0.25) is 4.79 Å². The van der Waals surface area contributed by atoms with E-state index in [0.717, 1.165) is 51.0 Å². The molecule has 2 fully saturated rings. The molecule has 1 unspecified atom stereocenters. The Kier molecular flexibility index (Phi) is 4.03. The van der Waals surface area contributed by atoms with Gasteiger partial charge < -0.3 is 10.1 Å². The first-order valence-corrected chi connectivity index (χ1v) is 8.22. The van der Waals surface area contributed by atoms with Gasteiger partial charge in [-0.2, -0.15) is 0 Å². The SMILES string of the molecule is CCCc1nnsc1C(=O)NC1CCC12CCOCC2. The molecule has 1 N–H and O–H groups in total. The molecule has 1 aliphatic carbocycles. The molecule has 110 valence electrons. The molecule has 2 heterocycles. The molecular weight excluding hydrogens is 274 g/mol. The van der Waals surface area contributed by atoms with E-state index in [9.17, 15) is 4.79 Å². The lowest BCUT2D eigenvalue weighted by atomic mass is 9.60. The fourth-order valence-corrected chi connectivity index (χ4v) is 3.91. The van der Waals surface area contributed by atoms with Gasteiger partial charge in [-0.05, 0) is 49.1 Å². The van der Waals surface area contributed by atoms with Crippen LogP contribution in [0.2, 0.25) is 0 Å². The van der Waals surface area contributed by atoms with Crippen LogP contribution in [0.4, 0.5) is 0 Å². The number of ether oxygens (including phenoxy) is 1. The van der Waals surface area contributed by atoms with Crippen molar-refractivity contribution in [1.29, 1.82) is 0 Å². The van der Waals surface area contributed by atoms with E-state index in [0.29, 0.717) is 10.9 Å². The van der Waals surface area contributed by atoms with Crippen LogP contribution in [0.5, 0.6) is 0 Å². The minimum absolute atomic E-state index is 0.0130. The summed E-state index contributed by atoms with van der Waals surface area (Å²) in [5.41, 5.74) is 1.13. The van der Waals surface area contributed by atoms with E-state index in [1.165, 1.54) is 18.0 Å². The van der Waals surface area contributed by atoms with Crippen LogP contribution >= 0.6 is 11.5 Å². The number of carbonyl (C=O) groups excluding carboxylic acids is 1. The lowest BCUT2D eigenvalue weighted by Gasteiger charge is -2.52. The standard InChI is InChI=1S/C14H21N3O2S/c1-2-3-10-12(20-17-16-10)13(18)15-11-4-5-14(11)6-8-19-9-7-14/h11H,2-9H2,1H3,(H,15,18). The maximum Gasteiger partial charge on any atom is 0.265 e. The van der Waals surface area contributed by atoms with Gasteiger partial charge >= 0.3 is 0 Å². The van der Waals surface area contributed by atoms with Gasteiger partial charge in [0.05, 0.1) is 5.69 Å². The lowest BCUT2D eigenvalue weighted by molar-refractivity contribution is -0.0522. The van der Waals surface area contributed by atoms with Crippen molar-refractivity contribution in [1.82, 2.24) is 14.9 Å². The quantitative estimate of drug-likeness (QED) is 0.924. The maximum atomic E-state index is 12.4. The molecule has 1 spiro atoms. The number of aryl methyl sites for hydroxylation is 1. The van der Waals surface area contributed by atoms with Crippen LogP contribution in [-0.4, -0.2) is 34.7 Å². The number of hydrogen-bond acceptors (Lipinski definition) is 5. The first-order valence-electron chi connectivity index (χ1n) is 7.45. The first-order chi connectivity index (χ1) is 9.75. The molecule has 1 saturated carbocycles. The third kappa shape index (κ3) is 2.46. The van der Waals surface area contributed by atoms with Crippen LogP contribution in [0.25, 0.3) is 0 Å². The Labute approximate surface area is 123 Å². The summed E-state index contributed by atoms with van der Waals surface area (Å²) >= 11 is 1.21. The summed E-state index contributed by atoms with van der Waals surface area (Å²) in [4.78, 5) is 13.1. The van der Waals surface area contributed by atoms with E-state index in [4.69, 9.17) is 4.74 Å². The number of carbonyl (C=O) groups is 1. The van der Waals surface area contributed by atoms with E-state index >= 15 is 0 Å². The highest BCUT2D eigenvalue weighted by molar-refractivity contribution is 7.08. The Morgan fingerprint density at radius 1 is 1.45 bits per heavy atom. The molecule has 6 heteroatoms. The summed E-state index contributed by atoms with van der Waals surface area (Å²) in [6.07, 6.45) is 6.24. The van der Waals surface area contributed by atoms with E-state index in [1.807, 2.05) is 0 Å². The topological polar surface area (TPSA) is 64.1 Å². The fourth-order valence-electron chi connectivity index (χ4n) is 3.30. The zero-order chi connectivity index (χ0) is 14.0. The zero-order valence-corrected chi connectivity index (χ0v) is 12.7. The number of nitrogens with zero attached hydrogens (tertiary/aromatic N) is 2.